The summed E-state index contributed by atoms with van der Waals surface area (Å²) in [5, 5.41) is 24.7. The molecule has 8 nitrogen and oxygen atoms in total. The number of likely N-dealkylation sites (tertiary alicyclic amines) is 1. The van der Waals surface area contributed by atoms with Crippen molar-refractivity contribution in [3.63, 3.8) is 0 Å². The van der Waals surface area contributed by atoms with Crippen molar-refractivity contribution >= 4 is 72.6 Å². The van der Waals surface area contributed by atoms with Crippen LogP contribution in [0.5, 0.6) is 0 Å². The van der Waals surface area contributed by atoms with Crippen LogP contribution < -0.4 is 27.2 Å². The lowest BCUT2D eigenvalue weighted by molar-refractivity contribution is 0.0988. The van der Waals surface area contributed by atoms with Gasteiger partial charge in [-0.25, -0.2) is 4.39 Å². The summed E-state index contributed by atoms with van der Waals surface area (Å²) in [6, 6.07) is 18.6. The van der Waals surface area contributed by atoms with E-state index in [0.29, 0.717) is 44.6 Å². The van der Waals surface area contributed by atoms with E-state index in [-0.39, 0.29) is 10.6 Å². The van der Waals surface area contributed by atoms with Gasteiger partial charge < -0.3 is 21.4 Å². The number of fused-ring (bicyclic) bond motifs is 2. The fraction of sp³-hybridized carbons (Fsp3) is 0.278. The van der Waals surface area contributed by atoms with Crippen molar-refractivity contribution in [1.82, 2.24) is 20.6 Å². The monoisotopic (exact) mass is 702 g/mol. The number of aromatic nitrogens is 1. The van der Waals surface area contributed by atoms with E-state index in [0.717, 1.165) is 42.6 Å². The lowest BCUT2D eigenvalue weighted by atomic mass is 9.98. The second-order valence-corrected chi connectivity index (χ2v) is 14.7. The third-order valence-corrected chi connectivity index (χ3v) is 10.2. The van der Waals surface area contributed by atoms with Gasteiger partial charge in [0.05, 0.1) is 38.6 Å². The molecule has 0 aliphatic carbocycles. The fourth-order valence-electron chi connectivity index (χ4n) is 6.09. The molecule has 0 amide bonds. The molecular formula is C36H37Cl2FN8S. The molecule has 1 aliphatic heterocycles. The van der Waals surface area contributed by atoms with Gasteiger partial charge in [0, 0.05) is 58.5 Å². The summed E-state index contributed by atoms with van der Waals surface area (Å²) in [4.78, 5) is 7.00. The molecule has 1 saturated heterocycles. The number of rotatable bonds is 9. The SMILES string of the molecule is CC(C)(C)N1CCC(N/C=C(\NN)[C@@H](Nc2cc(Cl)c3ncc(C#N)c(Nc4ccc(F)c(Cl)c4)c3c2)c2ccc3sccc3c2)CC1. The van der Waals surface area contributed by atoms with Gasteiger partial charge in [-0.3, -0.25) is 15.7 Å². The second kappa shape index (κ2) is 14.2. The summed E-state index contributed by atoms with van der Waals surface area (Å²) < 4.78 is 15.1. The van der Waals surface area contributed by atoms with E-state index in [1.165, 1.54) is 23.0 Å². The Balaban J connectivity index is 1.37. The van der Waals surface area contributed by atoms with Crippen LogP contribution in [0.4, 0.5) is 21.5 Å². The van der Waals surface area contributed by atoms with Gasteiger partial charge in [0.15, 0.2) is 0 Å². The molecule has 248 valence electrons. The minimum Gasteiger partial charge on any atom is -0.387 e. The highest BCUT2D eigenvalue weighted by molar-refractivity contribution is 7.17. The van der Waals surface area contributed by atoms with Crippen LogP contribution in [0.3, 0.4) is 0 Å². The Bertz CT molecular complexity index is 2030. The van der Waals surface area contributed by atoms with E-state index in [1.54, 1.807) is 23.5 Å². The molecule has 48 heavy (non-hydrogen) atoms. The molecule has 0 bridgehead atoms. The smallest absolute Gasteiger partial charge is 0.141 e. The number of benzene rings is 3. The van der Waals surface area contributed by atoms with Crippen LogP contribution in [0.2, 0.25) is 10.0 Å². The lowest BCUT2D eigenvalue weighted by Gasteiger charge is -2.41. The number of nitrogens with one attached hydrogen (secondary N) is 4. The van der Waals surface area contributed by atoms with Gasteiger partial charge in [-0.05, 0) is 98.5 Å². The predicted molar refractivity (Wildman–Crippen MR) is 197 cm³/mol. The molecule has 0 spiro atoms. The number of pyridine rings is 1. The van der Waals surface area contributed by atoms with E-state index in [1.807, 2.05) is 12.3 Å². The van der Waals surface area contributed by atoms with Crippen LogP contribution in [0.15, 0.2) is 78.1 Å². The first-order valence-electron chi connectivity index (χ1n) is 15.7. The molecule has 3 heterocycles. The highest BCUT2D eigenvalue weighted by Crippen LogP contribution is 2.37. The maximum Gasteiger partial charge on any atom is 0.141 e. The normalized spacial score (nSPS) is 15.3. The number of hydrazine groups is 1. The maximum atomic E-state index is 13.9. The Hall–Kier alpha value is -4.11. The number of piperidine rings is 1. The summed E-state index contributed by atoms with van der Waals surface area (Å²) >= 11 is 14.6. The number of anilines is 3. The fourth-order valence-corrected chi connectivity index (χ4v) is 7.31. The molecule has 1 atom stereocenters. The average Bonchev–Trinajstić information content (AvgIpc) is 3.54. The zero-order valence-corrected chi connectivity index (χ0v) is 29.2. The van der Waals surface area contributed by atoms with Crippen LogP contribution in [0, 0.1) is 17.1 Å². The zero-order chi connectivity index (χ0) is 34.0. The standard InChI is InChI=1S/C36H37Cl2FN8S/c1-36(2,3)47-11-8-24(9-12-47)42-20-31(46-41)34(22-4-7-32-21(14-22)10-13-48-32)45-26-15-27-33(44-25-5-6-30(39)28(37)16-25)23(18-40)19-43-35(27)29(38)17-26/h4-7,10,13-17,19-20,24,34,42,45-46H,8-9,11-12,41H2,1-3H3,(H,43,44)/b31-20-/t34-/m0/s1. The number of nitrogens with two attached hydrogens (primary N) is 1. The number of thiophene rings is 1. The first-order valence-corrected chi connectivity index (χ1v) is 17.3. The van der Waals surface area contributed by atoms with Gasteiger partial charge >= 0.3 is 0 Å². The molecule has 1 fully saturated rings. The van der Waals surface area contributed by atoms with Crippen molar-refractivity contribution in [3.05, 3.63) is 105 Å². The van der Waals surface area contributed by atoms with Gasteiger partial charge in [0.25, 0.3) is 0 Å². The summed E-state index contributed by atoms with van der Waals surface area (Å²) in [5.41, 5.74) is 7.29. The summed E-state index contributed by atoms with van der Waals surface area (Å²) in [5.74, 6) is 5.68. The maximum absolute atomic E-state index is 13.9. The van der Waals surface area contributed by atoms with Crippen LogP contribution in [-0.4, -0.2) is 34.6 Å². The number of nitriles is 1. The predicted octanol–water partition coefficient (Wildman–Crippen LogP) is 8.82. The van der Waals surface area contributed by atoms with Crippen molar-refractivity contribution in [2.75, 3.05) is 23.7 Å². The molecule has 0 radical (unpaired) electrons. The van der Waals surface area contributed by atoms with Gasteiger partial charge in [-0.2, -0.15) is 5.26 Å². The van der Waals surface area contributed by atoms with Gasteiger partial charge in [-0.15, -0.1) is 11.3 Å². The second-order valence-electron chi connectivity index (χ2n) is 12.9. The van der Waals surface area contributed by atoms with E-state index in [9.17, 15) is 9.65 Å². The topological polar surface area (TPSA) is 114 Å². The van der Waals surface area contributed by atoms with Crippen molar-refractivity contribution in [1.29, 1.82) is 5.26 Å². The molecule has 1 aliphatic rings. The van der Waals surface area contributed by atoms with E-state index < -0.39 is 11.9 Å². The van der Waals surface area contributed by atoms with E-state index >= 15 is 0 Å². The van der Waals surface area contributed by atoms with Crippen molar-refractivity contribution in [3.8, 4) is 6.07 Å². The van der Waals surface area contributed by atoms with Gasteiger partial charge in [-0.1, -0.05) is 29.3 Å². The molecule has 5 aromatic rings. The van der Waals surface area contributed by atoms with Crippen molar-refractivity contribution < 1.29 is 4.39 Å². The summed E-state index contributed by atoms with van der Waals surface area (Å²) in [7, 11) is 0. The Kier molecular flexibility index (Phi) is 9.97. The Morgan fingerprint density at radius 3 is 2.56 bits per heavy atom. The number of hydrogen-bond acceptors (Lipinski definition) is 9. The van der Waals surface area contributed by atoms with Crippen molar-refractivity contribution in [2.24, 2.45) is 5.84 Å². The lowest BCUT2D eigenvalue weighted by Crippen LogP contribution is -2.49. The average molecular weight is 704 g/mol. The molecule has 0 unspecified atom stereocenters. The Labute approximate surface area is 293 Å². The number of nitrogens with zero attached hydrogens (tertiary/aromatic N) is 3. The Morgan fingerprint density at radius 2 is 1.85 bits per heavy atom. The molecule has 12 heteroatoms. The third-order valence-electron chi connectivity index (χ3n) is 8.75. The van der Waals surface area contributed by atoms with Crippen molar-refractivity contribution in [2.45, 2.75) is 51.2 Å². The molecule has 2 aromatic heterocycles. The van der Waals surface area contributed by atoms with Crippen LogP contribution in [-0.2, 0) is 0 Å². The zero-order valence-electron chi connectivity index (χ0n) is 26.9. The van der Waals surface area contributed by atoms with E-state index in [4.69, 9.17) is 29.0 Å². The first kappa shape index (κ1) is 33.8. The van der Waals surface area contributed by atoms with Crippen LogP contribution in [0.1, 0.15) is 50.8 Å². The van der Waals surface area contributed by atoms with Crippen LogP contribution >= 0.6 is 34.5 Å². The number of halogens is 3. The summed E-state index contributed by atoms with van der Waals surface area (Å²) in [6.07, 6.45) is 5.48. The molecule has 3 aromatic carbocycles. The quantitative estimate of drug-likeness (QED) is 0.0765. The molecule has 6 rings (SSSR count). The van der Waals surface area contributed by atoms with Gasteiger partial charge in [0.1, 0.15) is 11.9 Å². The Morgan fingerprint density at radius 1 is 1.08 bits per heavy atom. The minimum atomic E-state index is -0.536. The summed E-state index contributed by atoms with van der Waals surface area (Å²) in [6.45, 7) is 8.80. The largest absolute Gasteiger partial charge is 0.387 e. The van der Waals surface area contributed by atoms with E-state index in [2.05, 4.69) is 87.7 Å². The number of hydrogen-bond donors (Lipinski definition) is 5. The van der Waals surface area contributed by atoms with Gasteiger partial charge in [0.2, 0.25) is 0 Å². The third kappa shape index (κ3) is 7.31. The molecular weight excluding hydrogens is 666 g/mol. The minimum absolute atomic E-state index is 0.0374. The first-order chi connectivity index (χ1) is 23.0. The van der Waals surface area contributed by atoms with Crippen LogP contribution in [0.25, 0.3) is 21.0 Å². The molecule has 6 N–H and O–H groups in total. The highest BCUT2D eigenvalue weighted by Gasteiger charge is 2.27. The molecule has 0 saturated carbocycles. The highest BCUT2D eigenvalue weighted by atomic mass is 35.5.